The molecule has 9 nitrogen and oxygen atoms in total. The zero-order valence-electron chi connectivity index (χ0n) is 19.0. The van der Waals surface area contributed by atoms with E-state index < -0.39 is 40.4 Å². The number of amides is 1. The van der Waals surface area contributed by atoms with Gasteiger partial charge in [0, 0.05) is 6.54 Å². The number of carbonyl (C=O) groups excluding carboxylic acids is 1. The SMILES string of the molecule is CCCCCCOC(C)(COC(=O)NCC(O)CS(=O)(=O)[O-])OCCCCCC.[Na+]. The number of nitrogens with one attached hydrogen (secondary N) is 1. The number of unbranched alkanes of at least 4 members (excludes halogenated alkanes) is 6. The molecule has 0 fully saturated rings. The Labute approximate surface area is 203 Å². The Balaban J connectivity index is 0. The zero-order valence-corrected chi connectivity index (χ0v) is 21.8. The molecule has 0 aliphatic carbocycles. The number of carbonyl (C=O) groups is 1. The number of rotatable bonds is 18. The van der Waals surface area contributed by atoms with Crippen LogP contribution in [-0.2, 0) is 24.3 Å². The van der Waals surface area contributed by atoms with Crippen LogP contribution >= 0.6 is 0 Å². The van der Waals surface area contributed by atoms with Gasteiger partial charge in [0.15, 0.2) is 5.79 Å². The van der Waals surface area contributed by atoms with Gasteiger partial charge in [-0.25, -0.2) is 13.2 Å². The maximum absolute atomic E-state index is 11.8. The Kier molecular flexibility index (Phi) is 20.0. The molecule has 0 aromatic carbocycles. The summed E-state index contributed by atoms with van der Waals surface area (Å²) in [6.45, 7) is 6.36. The molecule has 174 valence electrons. The van der Waals surface area contributed by atoms with Crippen molar-refractivity contribution in [3.05, 3.63) is 0 Å². The number of aliphatic hydroxyl groups excluding tert-OH is 1. The molecular formula is C19H38NNaO8S. The molecule has 0 bridgehead atoms. The number of ether oxygens (including phenoxy) is 3. The second-order valence-electron chi connectivity index (χ2n) is 7.29. The average Bonchev–Trinajstić information content (AvgIpc) is 2.63. The summed E-state index contributed by atoms with van der Waals surface area (Å²) in [5.41, 5.74) is 0. The van der Waals surface area contributed by atoms with Crippen molar-refractivity contribution in [2.45, 2.75) is 84.0 Å². The first-order chi connectivity index (χ1) is 13.6. The van der Waals surface area contributed by atoms with Crippen molar-refractivity contribution in [2.75, 3.05) is 32.1 Å². The van der Waals surface area contributed by atoms with Gasteiger partial charge in [-0.05, 0) is 19.8 Å². The van der Waals surface area contributed by atoms with E-state index in [0.29, 0.717) is 13.2 Å². The Bertz CT molecular complexity index is 519. The molecule has 1 unspecified atom stereocenters. The van der Waals surface area contributed by atoms with Crippen LogP contribution in [0.25, 0.3) is 0 Å². The third-order valence-electron chi connectivity index (χ3n) is 4.15. The standard InChI is InChI=1S/C19H39NO8S.Na/c1-4-6-8-10-12-27-19(3,28-13-11-9-7-5-2)16-26-18(22)20-14-17(21)15-29(23,24)25;/h17,21H,4-16H2,1-3H3,(H,20,22)(H,23,24,25);/q;+1/p-1. The third kappa shape index (κ3) is 20.0. The molecule has 1 atom stereocenters. The summed E-state index contributed by atoms with van der Waals surface area (Å²) in [6.07, 6.45) is 5.98. The molecule has 0 aromatic rings. The van der Waals surface area contributed by atoms with Gasteiger partial charge < -0.3 is 29.2 Å². The fraction of sp³-hybridized carbons (Fsp3) is 0.947. The van der Waals surface area contributed by atoms with E-state index in [4.69, 9.17) is 14.2 Å². The van der Waals surface area contributed by atoms with Crippen LogP contribution < -0.4 is 34.9 Å². The van der Waals surface area contributed by atoms with E-state index in [2.05, 4.69) is 19.2 Å². The summed E-state index contributed by atoms with van der Waals surface area (Å²) in [4.78, 5) is 11.8. The van der Waals surface area contributed by atoms with E-state index in [1.807, 2.05) is 0 Å². The Morgan fingerprint density at radius 2 is 1.53 bits per heavy atom. The minimum atomic E-state index is -4.57. The Morgan fingerprint density at radius 3 is 1.97 bits per heavy atom. The molecular weight excluding hydrogens is 425 g/mol. The van der Waals surface area contributed by atoms with Gasteiger partial charge in [-0.15, -0.1) is 0 Å². The molecule has 0 saturated heterocycles. The summed E-state index contributed by atoms with van der Waals surface area (Å²) in [5.74, 6) is -2.07. The summed E-state index contributed by atoms with van der Waals surface area (Å²) in [5, 5.41) is 11.7. The van der Waals surface area contributed by atoms with Crippen molar-refractivity contribution in [2.24, 2.45) is 0 Å². The summed E-state index contributed by atoms with van der Waals surface area (Å²) < 4.78 is 48.5. The first kappa shape index (κ1) is 32.2. The molecule has 30 heavy (non-hydrogen) atoms. The van der Waals surface area contributed by atoms with Crippen LogP contribution in [0.15, 0.2) is 0 Å². The van der Waals surface area contributed by atoms with Crippen molar-refractivity contribution in [3.8, 4) is 0 Å². The van der Waals surface area contributed by atoms with Gasteiger partial charge in [0.1, 0.15) is 6.61 Å². The van der Waals surface area contributed by atoms with Crippen LogP contribution in [0.5, 0.6) is 0 Å². The van der Waals surface area contributed by atoms with E-state index in [-0.39, 0.29) is 36.2 Å². The summed E-state index contributed by atoms with van der Waals surface area (Å²) >= 11 is 0. The summed E-state index contributed by atoms with van der Waals surface area (Å²) in [7, 11) is -4.57. The minimum Gasteiger partial charge on any atom is -0.748 e. The number of hydrogen-bond donors (Lipinski definition) is 2. The minimum absolute atomic E-state index is 0. The van der Waals surface area contributed by atoms with Gasteiger partial charge in [0.05, 0.1) is 35.2 Å². The average molecular weight is 464 g/mol. The molecule has 0 aromatic heterocycles. The van der Waals surface area contributed by atoms with Gasteiger partial charge in [-0.1, -0.05) is 52.4 Å². The molecule has 0 spiro atoms. The second-order valence-corrected chi connectivity index (χ2v) is 8.74. The van der Waals surface area contributed by atoms with Gasteiger partial charge in [0.25, 0.3) is 0 Å². The fourth-order valence-electron chi connectivity index (χ4n) is 2.50. The fourth-order valence-corrected chi connectivity index (χ4v) is 3.09. The topological polar surface area (TPSA) is 134 Å². The quantitative estimate of drug-likeness (QED) is 0.121. The first-order valence-corrected chi connectivity index (χ1v) is 12.0. The largest absolute Gasteiger partial charge is 1.00 e. The van der Waals surface area contributed by atoms with Crippen LogP contribution in [0.2, 0.25) is 0 Å². The maximum Gasteiger partial charge on any atom is 1.00 e. The summed E-state index contributed by atoms with van der Waals surface area (Å²) in [6, 6.07) is 0. The monoisotopic (exact) mass is 463 g/mol. The predicted molar refractivity (Wildman–Crippen MR) is 109 cm³/mol. The van der Waals surface area contributed by atoms with Gasteiger partial charge >= 0.3 is 35.7 Å². The van der Waals surface area contributed by atoms with E-state index in [9.17, 15) is 22.9 Å². The maximum atomic E-state index is 11.8. The molecule has 0 radical (unpaired) electrons. The first-order valence-electron chi connectivity index (χ1n) is 10.4. The third-order valence-corrected chi connectivity index (χ3v) is 4.95. The van der Waals surface area contributed by atoms with Gasteiger partial charge in [-0.2, -0.15) is 0 Å². The molecule has 2 N–H and O–H groups in total. The molecule has 11 heteroatoms. The smallest absolute Gasteiger partial charge is 0.748 e. The number of alkyl carbamates (subject to hydrolysis) is 1. The van der Waals surface area contributed by atoms with Gasteiger partial charge in [-0.3, -0.25) is 0 Å². The molecule has 0 rings (SSSR count). The van der Waals surface area contributed by atoms with Crippen LogP contribution in [0.3, 0.4) is 0 Å². The zero-order chi connectivity index (χ0) is 22.2. The number of hydrogen-bond acceptors (Lipinski definition) is 8. The molecule has 1 amide bonds. The van der Waals surface area contributed by atoms with Crippen molar-refractivity contribution in [1.82, 2.24) is 5.32 Å². The Hall–Kier alpha value is 0.0600. The van der Waals surface area contributed by atoms with Crippen LogP contribution in [0.4, 0.5) is 4.79 Å². The molecule has 0 aliphatic heterocycles. The van der Waals surface area contributed by atoms with Crippen LogP contribution in [0.1, 0.15) is 72.1 Å². The van der Waals surface area contributed by atoms with Crippen molar-refractivity contribution < 1.29 is 66.6 Å². The van der Waals surface area contributed by atoms with E-state index >= 15 is 0 Å². The van der Waals surface area contributed by atoms with E-state index in [0.717, 1.165) is 51.4 Å². The van der Waals surface area contributed by atoms with Gasteiger partial charge in [0.2, 0.25) is 0 Å². The molecule has 0 aliphatic rings. The molecule has 0 heterocycles. The van der Waals surface area contributed by atoms with Crippen molar-refractivity contribution in [3.63, 3.8) is 0 Å². The molecule has 0 saturated carbocycles. The predicted octanol–water partition coefficient (Wildman–Crippen LogP) is -0.467. The van der Waals surface area contributed by atoms with E-state index in [1.165, 1.54) is 0 Å². The normalized spacial score (nSPS) is 12.8. The van der Waals surface area contributed by atoms with E-state index in [1.54, 1.807) is 6.92 Å². The van der Waals surface area contributed by atoms with Crippen LogP contribution in [0, 0.1) is 0 Å². The Morgan fingerprint density at radius 1 is 1.03 bits per heavy atom. The number of aliphatic hydroxyl groups is 1. The van der Waals surface area contributed by atoms with Crippen molar-refractivity contribution >= 4 is 16.2 Å². The second kappa shape index (κ2) is 18.6. The van der Waals surface area contributed by atoms with Crippen molar-refractivity contribution in [1.29, 1.82) is 0 Å². The van der Waals surface area contributed by atoms with Crippen LogP contribution in [-0.4, -0.2) is 68.2 Å².